The minimum atomic E-state index is -0.528. The summed E-state index contributed by atoms with van der Waals surface area (Å²) in [6.07, 6.45) is 3.57. The second-order valence-corrected chi connectivity index (χ2v) is 5.95. The van der Waals surface area contributed by atoms with Gasteiger partial charge in [-0.15, -0.1) is 11.8 Å². The summed E-state index contributed by atoms with van der Waals surface area (Å²) in [5.41, 5.74) is 0. The molecule has 3 unspecified atom stereocenters. The minimum absolute atomic E-state index is 0.0174. The quantitative estimate of drug-likeness (QED) is 0.589. The molecule has 0 bridgehead atoms. The number of nitrogens with zero attached hydrogens (tertiary/aromatic N) is 1. The van der Waals surface area contributed by atoms with Crippen molar-refractivity contribution in [1.29, 1.82) is 0 Å². The molecule has 0 aromatic rings. The number of amides is 2. The van der Waals surface area contributed by atoms with Crippen molar-refractivity contribution in [3.8, 4) is 0 Å². The van der Waals surface area contributed by atoms with E-state index in [1.54, 1.807) is 16.7 Å². The van der Waals surface area contributed by atoms with Crippen LogP contribution in [0.15, 0.2) is 0 Å². The maximum Gasteiger partial charge on any atom is 0.328 e. The van der Waals surface area contributed by atoms with E-state index in [9.17, 15) is 14.4 Å². The molecular formula is C12H18N2O4S. The van der Waals surface area contributed by atoms with Gasteiger partial charge in [0.1, 0.15) is 12.1 Å². The number of hydrogen-bond acceptors (Lipinski definition) is 5. The zero-order valence-corrected chi connectivity index (χ0v) is 11.6. The number of methoxy groups -OCH3 is 1. The first-order chi connectivity index (χ1) is 9.19. The third-order valence-corrected chi connectivity index (χ3v) is 4.91. The van der Waals surface area contributed by atoms with Crippen LogP contribution in [0.25, 0.3) is 0 Å². The lowest BCUT2D eigenvalue weighted by Gasteiger charge is -2.39. The van der Waals surface area contributed by atoms with Crippen molar-refractivity contribution < 1.29 is 19.1 Å². The number of esters is 1. The van der Waals surface area contributed by atoms with Crippen LogP contribution in [0.4, 0.5) is 0 Å². The maximum atomic E-state index is 12.5. The number of ether oxygens (including phenoxy) is 1. The number of hydrogen-bond donors (Lipinski definition) is 1. The molecule has 0 aliphatic carbocycles. The highest BCUT2D eigenvalue weighted by atomic mass is 32.2. The Kier molecular flexibility index (Phi) is 4.68. The minimum Gasteiger partial charge on any atom is -0.467 e. The molecule has 6 nitrogen and oxygen atoms in total. The first kappa shape index (κ1) is 14.2. The van der Waals surface area contributed by atoms with E-state index in [1.807, 2.05) is 0 Å². The van der Waals surface area contributed by atoms with Gasteiger partial charge in [-0.2, -0.15) is 0 Å². The van der Waals surface area contributed by atoms with Gasteiger partial charge in [0.25, 0.3) is 0 Å². The van der Waals surface area contributed by atoms with Gasteiger partial charge >= 0.3 is 5.97 Å². The van der Waals surface area contributed by atoms with E-state index >= 15 is 0 Å². The van der Waals surface area contributed by atoms with Gasteiger partial charge in [0.05, 0.1) is 12.5 Å². The summed E-state index contributed by atoms with van der Waals surface area (Å²) in [6.45, 7) is 0. The van der Waals surface area contributed by atoms with Gasteiger partial charge in [-0.25, -0.2) is 4.79 Å². The van der Waals surface area contributed by atoms with Crippen molar-refractivity contribution in [3.63, 3.8) is 0 Å². The van der Waals surface area contributed by atoms with Crippen molar-refractivity contribution >= 4 is 30.0 Å². The van der Waals surface area contributed by atoms with Crippen LogP contribution < -0.4 is 5.32 Å². The van der Waals surface area contributed by atoms with Gasteiger partial charge in [0, 0.05) is 0 Å². The largest absolute Gasteiger partial charge is 0.467 e. The van der Waals surface area contributed by atoms with Crippen molar-refractivity contribution in [1.82, 2.24) is 10.2 Å². The van der Waals surface area contributed by atoms with Crippen molar-refractivity contribution in [2.24, 2.45) is 0 Å². The van der Waals surface area contributed by atoms with Gasteiger partial charge in [-0.05, 0) is 31.4 Å². The summed E-state index contributed by atoms with van der Waals surface area (Å²) in [6, 6.07) is -1.04. The highest BCUT2D eigenvalue weighted by molar-refractivity contribution is 7.99. The summed E-state index contributed by atoms with van der Waals surface area (Å²) in [5.74, 6) is 0.259. The number of fused-ring (bicyclic) bond motifs is 1. The molecule has 2 saturated heterocycles. The van der Waals surface area contributed by atoms with Crippen LogP contribution in [0.3, 0.4) is 0 Å². The number of rotatable bonds is 3. The molecule has 0 aromatic heterocycles. The Balaban J connectivity index is 2.23. The molecule has 2 rings (SSSR count). The Morgan fingerprint density at radius 2 is 2.26 bits per heavy atom. The SMILES string of the molecule is COC(=O)C1CCCC2SCCC(NC=O)C(=O)N21. The first-order valence-corrected chi connectivity index (χ1v) is 7.45. The fraction of sp³-hybridized carbons (Fsp3) is 0.750. The smallest absolute Gasteiger partial charge is 0.328 e. The molecule has 0 radical (unpaired) electrons. The molecule has 0 aromatic carbocycles. The van der Waals surface area contributed by atoms with Gasteiger partial charge in [-0.1, -0.05) is 0 Å². The lowest BCUT2D eigenvalue weighted by Crippen LogP contribution is -2.56. The standard InChI is InChI=1S/C12H18N2O4S/c1-18-12(17)9-3-2-4-10-14(9)11(16)8(13-7-15)5-6-19-10/h7-10H,2-6H2,1H3,(H,13,15). The van der Waals surface area contributed by atoms with E-state index in [2.05, 4.69) is 5.32 Å². The van der Waals surface area contributed by atoms with Crippen LogP contribution in [0.5, 0.6) is 0 Å². The van der Waals surface area contributed by atoms with E-state index in [0.717, 1.165) is 18.6 Å². The highest BCUT2D eigenvalue weighted by Gasteiger charge is 2.42. The second-order valence-electron chi connectivity index (χ2n) is 4.67. The predicted octanol–water partition coefficient (Wildman–Crippen LogP) is 0.118. The Morgan fingerprint density at radius 3 is 2.95 bits per heavy atom. The van der Waals surface area contributed by atoms with E-state index in [4.69, 9.17) is 4.74 Å². The van der Waals surface area contributed by atoms with Gasteiger partial charge in [0.15, 0.2) is 0 Å². The molecule has 0 saturated carbocycles. The fourth-order valence-electron chi connectivity index (χ4n) is 2.65. The van der Waals surface area contributed by atoms with Crippen LogP contribution in [0.2, 0.25) is 0 Å². The lowest BCUT2D eigenvalue weighted by molar-refractivity contribution is -0.156. The van der Waals surface area contributed by atoms with Crippen molar-refractivity contribution in [2.45, 2.75) is 43.1 Å². The molecule has 2 amide bonds. The molecule has 106 valence electrons. The fourth-order valence-corrected chi connectivity index (χ4v) is 4.04. The molecule has 1 N–H and O–H groups in total. The average Bonchev–Trinajstić information content (AvgIpc) is 2.59. The molecule has 19 heavy (non-hydrogen) atoms. The molecule has 0 spiro atoms. The zero-order valence-electron chi connectivity index (χ0n) is 10.8. The van der Waals surface area contributed by atoms with Crippen LogP contribution in [-0.4, -0.2) is 53.5 Å². The van der Waals surface area contributed by atoms with E-state index in [0.29, 0.717) is 19.3 Å². The third-order valence-electron chi connectivity index (χ3n) is 3.59. The van der Waals surface area contributed by atoms with Crippen molar-refractivity contribution in [2.75, 3.05) is 12.9 Å². The summed E-state index contributed by atoms with van der Waals surface area (Å²) < 4.78 is 4.79. The first-order valence-electron chi connectivity index (χ1n) is 6.40. The lowest BCUT2D eigenvalue weighted by atomic mass is 10.0. The molecular weight excluding hydrogens is 268 g/mol. The van der Waals surface area contributed by atoms with E-state index in [-0.39, 0.29) is 17.3 Å². The number of carbonyl (C=O) groups is 3. The van der Waals surface area contributed by atoms with Crippen LogP contribution in [0.1, 0.15) is 25.7 Å². The summed E-state index contributed by atoms with van der Waals surface area (Å²) in [5, 5.41) is 2.56. The van der Waals surface area contributed by atoms with E-state index < -0.39 is 12.1 Å². The van der Waals surface area contributed by atoms with Gasteiger partial charge in [0.2, 0.25) is 12.3 Å². The van der Waals surface area contributed by atoms with Gasteiger partial charge in [-0.3, -0.25) is 9.59 Å². The topological polar surface area (TPSA) is 75.7 Å². The predicted molar refractivity (Wildman–Crippen MR) is 70.4 cm³/mol. The number of piperidine rings is 1. The molecule has 2 heterocycles. The summed E-state index contributed by atoms with van der Waals surface area (Å²) >= 11 is 1.67. The molecule has 7 heteroatoms. The maximum absolute atomic E-state index is 12.5. The van der Waals surface area contributed by atoms with Crippen LogP contribution in [-0.2, 0) is 19.1 Å². The molecule has 2 fully saturated rings. The molecule has 3 atom stereocenters. The Hall–Kier alpha value is -1.24. The monoisotopic (exact) mass is 286 g/mol. The normalized spacial score (nSPS) is 31.1. The summed E-state index contributed by atoms with van der Waals surface area (Å²) in [7, 11) is 1.34. The zero-order chi connectivity index (χ0) is 13.8. The number of carbonyl (C=O) groups excluding carboxylic acids is 3. The Bertz CT molecular complexity index is 377. The molecule has 2 aliphatic heterocycles. The van der Waals surface area contributed by atoms with E-state index in [1.165, 1.54) is 7.11 Å². The van der Waals surface area contributed by atoms with Crippen LogP contribution >= 0.6 is 11.8 Å². The number of nitrogens with one attached hydrogen (secondary N) is 1. The third kappa shape index (κ3) is 2.86. The van der Waals surface area contributed by atoms with Crippen molar-refractivity contribution in [3.05, 3.63) is 0 Å². The highest BCUT2D eigenvalue weighted by Crippen LogP contribution is 2.34. The van der Waals surface area contributed by atoms with Crippen LogP contribution in [0, 0.1) is 0 Å². The summed E-state index contributed by atoms with van der Waals surface area (Å²) in [4.78, 5) is 36.5. The Labute approximate surface area is 116 Å². The second kappa shape index (κ2) is 6.27. The van der Waals surface area contributed by atoms with Gasteiger partial charge < -0.3 is 15.0 Å². The number of thioether (sulfide) groups is 1. The molecule has 2 aliphatic rings. The average molecular weight is 286 g/mol. The Morgan fingerprint density at radius 1 is 1.47 bits per heavy atom.